The van der Waals surface area contributed by atoms with E-state index in [1.165, 1.54) is 4.90 Å². The first-order valence-electron chi connectivity index (χ1n) is 4.09. The van der Waals surface area contributed by atoms with Gasteiger partial charge in [-0.3, -0.25) is 4.79 Å². The molecule has 0 radical (unpaired) electrons. The number of nitrogens with zero attached hydrogens (tertiary/aromatic N) is 1. The number of aliphatic hydroxyl groups is 1. The Hall–Kier alpha value is -0.830. The Morgan fingerprint density at radius 2 is 2.25 bits per heavy atom. The predicted molar refractivity (Wildman–Crippen MR) is 48.7 cm³/mol. The summed E-state index contributed by atoms with van der Waals surface area (Å²) in [4.78, 5) is 12.5. The molecule has 0 aromatic heterocycles. The molecule has 0 aliphatic carbocycles. The Labute approximate surface area is 73.7 Å². The lowest BCUT2D eigenvalue weighted by atomic mass is 10.1. The van der Waals surface area contributed by atoms with Gasteiger partial charge in [-0.25, -0.2) is 0 Å². The van der Waals surface area contributed by atoms with E-state index in [9.17, 15) is 9.90 Å². The first kappa shape index (κ1) is 11.2. The Kier molecular flexibility index (Phi) is 5.37. The molecule has 0 fully saturated rings. The maximum Gasteiger partial charge on any atom is 0.250 e. The Bertz CT molecular complexity index is 155. The van der Waals surface area contributed by atoms with Gasteiger partial charge in [0.15, 0.2) is 0 Å². The largest absolute Gasteiger partial charge is 0.383 e. The van der Waals surface area contributed by atoms with Gasteiger partial charge in [-0.15, -0.1) is 6.58 Å². The van der Waals surface area contributed by atoms with Gasteiger partial charge in [0.05, 0.1) is 0 Å². The number of unbranched alkanes of at least 4 members (excludes halogenated alkanes) is 1. The van der Waals surface area contributed by atoms with Crippen LogP contribution in [0.25, 0.3) is 0 Å². The van der Waals surface area contributed by atoms with Crippen LogP contribution in [-0.4, -0.2) is 36.1 Å². The molecule has 0 aromatic rings. The minimum absolute atomic E-state index is 0.223. The van der Waals surface area contributed by atoms with Crippen LogP contribution < -0.4 is 0 Å². The fourth-order valence-corrected chi connectivity index (χ4v) is 0.877. The molecule has 0 heterocycles. The second-order valence-electron chi connectivity index (χ2n) is 2.97. The van der Waals surface area contributed by atoms with Gasteiger partial charge >= 0.3 is 0 Å². The molecule has 3 nitrogen and oxygen atoms in total. The second-order valence-corrected chi connectivity index (χ2v) is 2.97. The zero-order valence-electron chi connectivity index (χ0n) is 7.79. The van der Waals surface area contributed by atoms with Crippen LogP contribution in [-0.2, 0) is 4.79 Å². The molecule has 1 unspecified atom stereocenters. The van der Waals surface area contributed by atoms with Crippen molar-refractivity contribution in [2.45, 2.75) is 25.4 Å². The summed E-state index contributed by atoms with van der Waals surface area (Å²) in [5.41, 5.74) is 0. The molecule has 0 aliphatic rings. The third kappa shape index (κ3) is 4.13. The maximum atomic E-state index is 11.1. The molecule has 0 rings (SSSR count). The van der Waals surface area contributed by atoms with E-state index < -0.39 is 6.10 Å². The van der Waals surface area contributed by atoms with E-state index in [0.717, 1.165) is 12.8 Å². The summed E-state index contributed by atoms with van der Waals surface area (Å²) in [5, 5.41) is 9.29. The summed E-state index contributed by atoms with van der Waals surface area (Å²) in [5.74, 6) is -0.223. The number of hydrogen-bond donors (Lipinski definition) is 1. The Morgan fingerprint density at radius 3 is 2.67 bits per heavy atom. The molecule has 12 heavy (non-hydrogen) atoms. The summed E-state index contributed by atoms with van der Waals surface area (Å²) in [6, 6.07) is 0. The zero-order chi connectivity index (χ0) is 9.56. The number of likely N-dealkylation sites (N-methyl/N-ethyl adjacent to an activating group) is 1. The summed E-state index contributed by atoms with van der Waals surface area (Å²) in [7, 11) is 3.28. The average Bonchev–Trinajstić information content (AvgIpc) is 2.03. The first-order valence-corrected chi connectivity index (χ1v) is 4.09. The SMILES string of the molecule is C=CCCCC(O)C(=O)N(C)C. The number of hydrogen-bond acceptors (Lipinski definition) is 2. The zero-order valence-corrected chi connectivity index (χ0v) is 7.79. The topological polar surface area (TPSA) is 40.5 Å². The lowest BCUT2D eigenvalue weighted by Gasteiger charge is -2.14. The molecule has 0 aliphatic heterocycles. The molecule has 1 N–H and O–H groups in total. The van der Waals surface area contributed by atoms with E-state index >= 15 is 0 Å². The van der Waals surface area contributed by atoms with E-state index in [0.29, 0.717) is 6.42 Å². The highest BCUT2D eigenvalue weighted by molar-refractivity contribution is 5.79. The predicted octanol–water partition coefficient (Wildman–Crippen LogP) is 0.792. The van der Waals surface area contributed by atoms with Crippen molar-refractivity contribution in [2.24, 2.45) is 0 Å². The van der Waals surface area contributed by atoms with E-state index in [1.54, 1.807) is 20.2 Å². The van der Waals surface area contributed by atoms with Crippen molar-refractivity contribution in [2.75, 3.05) is 14.1 Å². The van der Waals surface area contributed by atoms with Gasteiger partial charge in [0.2, 0.25) is 0 Å². The van der Waals surface area contributed by atoms with Crippen LogP contribution >= 0.6 is 0 Å². The summed E-state index contributed by atoms with van der Waals surface area (Å²) in [6.07, 6.45) is 3.11. The van der Waals surface area contributed by atoms with E-state index in [-0.39, 0.29) is 5.91 Å². The quantitative estimate of drug-likeness (QED) is 0.491. The Balaban J connectivity index is 3.64. The number of allylic oxidation sites excluding steroid dienone is 1. The smallest absolute Gasteiger partial charge is 0.250 e. The minimum Gasteiger partial charge on any atom is -0.383 e. The van der Waals surface area contributed by atoms with Crippen molar-refractivity contribution in [3.05, 3.63) is 12.7 Å². The molecule has 0 bridgehead atoms. The first-order chi connectivity index (χ1) is 5.59. The molecule has 0 aromatic carbocycles. The molecule has 0 saturated carbocycles. The molecule has 1 atom stereocenters. The average molecular weight is 171 g/mol. The number of amides is 1. The van der Waals surface area contributed by atoms with Gasteiger partial charge in [0.1, 0.15) is 6.10 Å². The monoisotopic (exact) mass is 171 g/mol. The van der Waals surface area contributed by atoms with Crippen LogP contribution in [0.3, 0.4) is 0 Å². The lowest BCUT2D eigenvalue weighted by Crippen LogP contribution is -2.33. The normalized spacial score (nSPS) is 12.2. The van der Waals surface area contributed by atoms with Crippen LogP contribution in [0.5, 0.6) is 0 Å². The third-order valence-corrected chi connectivity index (χ3v) is 1.61. The van der Waals surface area contributed by atoms with Gasteiger partial charge in [-0.05, 0) is 19.3 Å². The summed E-state index contributed by atoms with van der Waals surface area (Å²) in [6.45, 7) is 3.56. The number of rotatable bonds is 5. The molecule has 0 spiro atoms. The van der Waals surface area contributed by atoms with Crippen molar-refractivity contribution in [3.8, 4) is 0 Å². The van der Waals surface area contributed by atoms with Crippen molar-refractivity contribution >= 4 is 5.91 Å². The van der Waals surface area contributed by atoms with Crippen molar-refractivity contribution < 1.29 is 9.90 Å². The van der Waals surface area contributed by atoms with Gasteiger partial charge in [-0.1, -0.05) is 6.08 Å². The van der Waals surface area contributed by atoms with Crippen LogP contribution in [0.1, 0.15) is 19.3 Å². The Morgan fingerprint density at radius 1 is 1.67 bits per heavy atom. The molecule has 3 heteroatoms. The van der Waals surface area contributed by atoms with Crippen LogP contribution in [0, 0.1) is 0 Å². The number of aliphatic hydroxyl groups excluding tert-OH is 1. The van der Waals surface area contributed by atoms with Gasteiger partial charge in [0, 0.05) is 14.1 Å². The maximum absolute atomic E-state index is 11.1. The molecule has 0 saturated heterocycles. The standard InChI is InChI=1S/C9H17NO2/c1-4-5-6-7-8(11)9(12)10(2)3/h4,8,11H,1,5-7H2,2-3H3. The van der Waals surface area contributed by atoms with Crippen molar-refractivity contribution in [3.63, 3.8) is 0 Å². The molecule has 70 valence electrons. The van der Waals surface area contributed by atoms with Gasteiger partial charge in [0.25, 0.3) is 5.91 Å². The summed E-state index contributed by atoms with van der Waals surface area (Å²) < 4.78 is 0. The van der Waals surface area contributed by atoms with Crippen LogP contribution in [0.15, 0.2) is 12.7 Å². The van der Waals surface area contributed by atoms with E-state index in [1.807, 2.05) is 0 Å². The third-order valence-electron chi connectivity index (χ3n) is 1.61. The van der Waals surface area contributed by atoms with Crippen molar-refractivity contribution in [1.29, 1.82) is 0 Å². The van der Waals surface area contributed by atoms with Gasteiger partial charge < -0.3 is 10.0 Å². The minimum atomic E-state index is -0.847. The lowest BCUT2D eigenvalue weighted by molar-refractivity contribution is -0.137. The van der Waals surface area contributed by atoms with E-state index in [2.05, 4.69) is 6.58 Å². The van der Waals surface area contributed by atoms with Crippen LogP contribution in [0.4, 0.5) is 0 Å². The fourth-order valence-electron chi connectivity index (χ4n) is 0.877. The molecular weight excluding hydrogens is 154 g/mol. The second kappa shape index (κ2) is 5.77. The molecular formula is C9H17NO2. The van der Waals surface area contributed by atoms with Gasteiger partial charge in [-0.2, -0.15) is 0 Å². The number of carbonyl (C=O) groups excluding carboxylic acids is 1. The fraction of sp³-hybridized carbons (Fsp3) is 0.667. The van der Waals surface area contributed by atoms with Crippen LogP contribution in [0.2, 0.25) is 0 Å². The highest BCUT2D eigenvalue weighted by Gasteiger charge is 2.15. The molecule has 1 amide bonds. The highest BCUT2D eigenvalue weighted by atomic mass is 16.3. The number of carbonyl (C=O) groups is 1. The van der Waals surface area contributed by atoms with E-state index in [4.69, 9.17) is 0 Å². The van der Waals surface area contributed by atoms with Crippen molar-refractivity contribution in [1.82, 2.24) is 4.90 Å². The summed E-state index contributed by atoms with van der Waals surface area (Å²) >= 11 is 0. The highest BCUT2D eigenvalue weighted by Crippen LogP contribution is 2.02.